The van der Waals surface area contributed by atoms with Crippen LogP contribution in [0.4, 0.5) is 0 Å². The summed E-state index contributed by atoms with van der Waals surface area (Å²) in [5.74, 6) is 0.879. The summed E-state index contributed by atoms with van der Waals surface area (Å²) in [6, 6.07) is 7.15. The van der Waals surface area contributed by atoms with Crippen LogP contribution in [-0.2, 0) is 4.79 Å². The highest BCUT2D eigenvalue weighted by Gasteiger charge is 2.05. The number of amides is 1. The Labute approximate surface area is 124 Å². The molecule has 0 aliphatic heterocycles. The number of hydrogen-bond acceptors (Lipinski definition) is 5. The predicted molar refractivity (Wildman–Crippen MR) is 79.4 cm³/mol. The maximum absolute atomic E-state index is 11.1. The number of hydrazone groups is 1. The van der Waals surface area contributed by atoms with Gasteiger partial charge in [-0.15, -0.1) is 0 Å². The standard InChI is InChI=1S/C15H19N3O3/c1-3-9-21-13-6-5-12(10-14(13)20-4-2)11-17-18-15(19)7-8-16/h5-6,10-11H,3-4,7,9H2,1-2H3,(H,18,19). The van der Waals surface area contributed by atoms with Gasteiger partial charge >= 0.3 is 0 Å². The molecule has 0 aliphatic carbocycles. The molecule has 0 radical (unpaired) electrons. The first-order chi connectivity index (χ1) is 10.2. The Hall–Kier alpha value is -2.55. The minimum absolute atomic E-state index is 0.217. The van der Waals surface area contributed by atoms with Crippen LogP contribution in [-0.4, -0.2) is 25.3 Å². The van der Waals surface area contributed by atoms with Crippen LogP contribution >= 0.6 is 0 Å². The van der Waals surface area contributed by atoms with E-state index in [-0.39, 0.29) is 6.42 Å². The first-order valence-corrected chi connectivity index (χ1v) is 6.79. The van der Waals surface area contributed by atoms with E-state index in [9.17, 15) is 4.79 Å². The molecule has 0 spiro atoms. The predicted octanol–water partition coefficient (Wildman–Crippen LogP) is 2.24. The lowest BCUT2D eigenvalue weighted by molar-refractivity contribution is -0.120. The van der Waals surface area contributed by atoms with E-state index in [0.717, 1.165) is 12.0 Å². The Morgan fingerprint density at radius 2 is 2.19 bits per heavy atom. The smallest absolute Gasteiger partial charge is 0.254 e. The van der Waals surface area contributed by atoms with E-state index >= 15 is 0 Å². The molecule has 112 valence electrons. The van der Waals surface area contributed by atoms with Gasteiger partial charge in [0.25, 0.3) is 5.91 Å². The SMILES string of the molecule is CCCOc1ccc(C=NNC(=O)CC#N)cc1OCC. The Kier molecular flexibility index (Phi) is 7.36. The average Bonchev–Trinajstić information content (AvgIpc) is 2.47. The normalized spacial score (nSPS) is 10.1. The number of rotatable bonds is 8. The van der Waals surface area contributed by atoms with Gasteiger partial charge in [-0.25, -0.2) is 5.43 Å². The highest BCUT2D eigenvalue weighted by molar-refractivity contribution is 5.83. The largest absolute Gasteiger partial charge is 0.490 e. The quantitative estimate of drug-likeness (QED) is 0.587. The van der Waals surface area contributed by atoms with Crippen LogP contribution in [0.5, 0.6) is 11.5 Å². The second kappa shape index (κ2) is 9.37. The van der Waals surface area contributed by atoms with Crippen LogP contribution in [0.25, 0.3) is 0 Å². The minimum Gasteiger partial charge on any atom is -0.490 e. The summed E-state index contributed by atoms with van der Waals surface area (Å²) < 4.78 is 11.1. The van der Waals surface area contributed by atoms with Crippen molar-refractivity contribution in [1.29, 1.82) is 5.26 Å². The number of ether oxygens (including phenoxy) is 2. The molecule has 1 amide bonds. The zero-order chi connectivity index (χ0) is 15.5. The van der Waals surface area contributed by atoms with Crippen molar-refractivity contribution in [2.24, 2.45) is 5.10 Å². The van der Waals surface area contributed by atoms with Crippen LogP contribution in [0.2, 0.25) is 0 Å². The van der Waals surface area contributed by atoms with Gasteiger partial charge in [0.1, 0.15) is 6.42 Å². The maximum atomic E-state index is 11.1. The van der Waals surface area contributed by atoms with Gasteiger partial charge in [-0.1, -0.05) is 6.92 Å². The van der Waals surface area contributed by atoms with Crippen molar-refractivity contribution in [3.63, 3.8) is 0 Å². The number of hydrogen-bond donors (Lipinski definition) is 1. The van der Waals surface area contributed by atoms with E-state index in [4.69, 9.17) is 14.7 Å². The second-order valence-corrected chi connectivity index (χ2v) is 4.12. The molecule has 0 bridgehead atoms. The second-order valence-electron chi connectivity index (χ2n) is 4.12. The summed E-state index contributed by atoms with van der Waals surface area (Å²) >= 11 is 0. The van der Waals surface area contributed by atoms with Crippen LogP contribution in [0.15, 0.2) is 23.3 Å². The summed E-state index contributed by atoms with van der Waals surface area (Å²) in [6.45, 7) is 5.08. The fraction of sp³-hybridized carbons (Fsp3) is 0.400. The molecular formula is C15H19N3O3. The molecule has 0 atom stereocenters. The lowest BCUT2D eigenvalue weighted by atomic mass is 10.2. The van der Waals surface area contributed by atoms with Gasteiger partial charge < -0.3 is 9.47 Å². The molecule has 0 aromatic heterocycles. The lowest BCUT2D eigenvalue weighted by Crippen LogP contribution is -2.16. The molecule has 1 rings (SSSR count). The molecule has 0 saturated heterocycles. The summed E-state index contributed by atoms with van der Waals surface area (Å²) in [7, 11) is 0. The van der Waals surface area contributed by atoms with Gasteiger partial charge in [-0.2, -0.15) is 10.4 Å². The number of nitriles is 1. The Morgan fingerprint density at radius 3 is 2.86 bits per heavy atom. The van der Waals surface area contributed by atoms with Gasteiger partial charge in [0.05, 0.1) is 25.5 Å². The zero-order valence-electron chi connectivity index (χ0n) is 12.3. The first kappa shape index (κ1) is 16.5. The fourth-order valence-electron chi connectivity index (χ4n) is 1.49. The highest BCUT2D eigenvalue weighted by Crippen LogP contribution is 2.28. The van der Waals surface area contributed by atoms with Gasteiger partial charge in [-0.05, 0) is 37.1 Å². The van der Waals surface area contributed by atoms with Crippen molar-refractivity contribution in [3.05, 3.63) is 23.8 Å². The van der Waals surface area contributed by atoms with Crippen molar-refractivity contribution in [1.82, 2.24) is 5.43 Å². The van der Waals surface area contributed by atoms with Crippen molar-refractivity contribution in [3.8, 4) is 17.6 Å². The Morgan fingerprint density at radius 1 is 1.38 bits per heavy atom. The number of carbonyl (C=O) groups excluding carboxylic acids is 1. The van der Waals surface area contributed by atoms with Gasteiger partial charge in [0.15, 0.2) is 11.5 Å². The van der Waals surface area contributed by atoms with E-state index < -0.39 is 5.91 Å². The zero-order valence-corrected chi connectivity index (χ0v) is 12.3. The molecule has 1 aromatic rings. The summed E-state index contributed by atoms with van der Waals surface area (Å²) in [6.07, 6.45) is 2.19. The molecule has 1 N–H and O–H groups in total. The molecule has 21 heavy (non-hydrogen) atoms. The molecule has 0 saturated carbocycles. The summed E-state index contributed by atoms with van der Waals surface area (Å²) in [5, 5.41) is 12.1. The highest BCUT2D eigenvalue weighted by atomic mass is 16.5. The summed E-state index contributed by atoms with van der Waals surface area (Å²) in [4.78, 5) is 11.1. The Bertz CT molecular complexity index is 535. The van der Waals surface area contributed by atoms with Crippen molar-refractivity contribution in [2.75, 3.05) is 13.2 Å². The molecule has 6 nitrogen and oxygen atoms in total. The number of benzene rings is 1. The molecule has 6 heteroatoms. The fourth-order valence-corrected chi connectivity index (χ4v) is 1.49. The topological polar surface area (TPSA) is 83.7 Å². The molecule has 0 heterocycles. The van der Waals surface area contributed by atoms with Crippen molar-refractivity contribution in [2.45, 2.75) is 26.7 Å². The average molecular weight is 289 g/mol. The number of nitrogens with one attached hydrogen (secondary N) is 1. The van der Waals surface area contributed by atoms with Crippen molar-refractivity contribution >= 4 is 12.1 Å². The maximum Gasteiger partial charge on any atom is 0.254 e. The Balaban J connectivity index is 2.75. The van der Waals surface area contributed by atoms with Crippen LogP contribution < -0.4 is 14.9 Å². The number of nitrogens with zero attached hydrogens (tertiary/aromatic N) is 2. The molecular weight excluding hydrogens is 270 g/mol. The third kappa shape index (κ3) is 5.95. The van der Waals surface area contributed by atoms with E-state index in [1.54, 1.807) is 18.2 Å². The molecule has 0 fully saturated rings. The van der Waals surface area contributed by atoms with Crippen LogP contribution in [0.1, 0.15) is 32.3 Å². The third-order valence-electron chi connectivity index (χ3n) is 2.37. The van der Waals surface area contributed by atoms with E-state index in [0.29, 0.717) is 24.7 Å². The molecule has 0 unspecified atom stereocenters. The molecule has 1 aromatic carbocycles. The van der Waals surface area contributed by atoms with Gasteiger partial charge in [0.2, 0.25) is 0 Å². The van der Waals surface area contributed by atoms with Crippen molar-refractivity contribution < 1.29 is 14.3 Å². The van der Waals surface area contributed by atoms with Gasteiger partial charge in [-0.3, -0.25) is 4.79 Å². The third-order valence-corrected chi connectivity index (χ3v) is 2.37. The molecule has 0 aliphatic rings. The van der Waals surface area contributed by atoms with Crippen LogP contribution in [0, 0.1) is 11.3 Å². The lowest BCUT2D eigenvalue weighted by Gasteiger charge is -2.11. The van der Waals surface area contributed by atoms with E-state index in [2.05, 4.69) is 10.5 Å². The van der Waals surface area contributed by atoms with Crippen LogP contribution in [0.3, 0.4) is 0 Å². The van der Waals surface area contributed by atoms with E-state index in [1.165, 1.54) is 6.21 Å². The monoisotopic (exact) mass is 289 g/mol. The first-order valence-electron chi connectivity index (χ1n) is 6.79. The summed E-state index contributed by atoms with van der Waals surface area (Å²) in [5.41, 5.74) is 3.03. The van der Waals surface area contributed by atoms with E-state index in [1.807, 2.05) is 19.9 Å². The number of carbonyl (C=O) groups is 1. The van der Waals surface area contributed by atoms with Gasteiger partial charge in [0, 0.05) is 0 Å². The minimum atomic E-state index is -0.443.